The Labute approximate surface area is 270 Å². The number of anilines is 2. The van der Waals surface area contributed by atoms with Gasteiger partial charge in [0.05, 0.1) is 29.1 Å². The minimum absolute atomic E-state index is 0.184. The van der Waals surface area contributed by atoms with Gasteiger partial charge in [-0.3, -0.25) is 19.4 Å². The molecule has 0 unspecified atom stereocenters. The number of carbonyl (C=O) groups is 1. The number of hydrogen-bond acceptors (Lipinski definition) is 10. The van der Waals surface area contributed by atoms with Crippen molar-refractivity contribution in [1.82, 2.24) is 20.2 Å². The molecule has 1 N–H and O–H groups in total. The van der Waals surface area contributed by atoms with E-state index in [1.807, 2.05) is 79.7 Å². The van der Waals surface area contributed by atoms with Crippen molar-refractivity contribution >= 4 is 51.7 Å². The zero-order chi connectivity index (χ0) is 31.5. The van der Waals surface area contributed by atoms with Crippen LogP contribution in [-0.4, -0.2) is 33.2 Å². The van der Waals surface area contributed by atoms with Gasteiger partial charge in [-0.2, -0.15) is 0 Å². The van der Waals surface area contributed by atoms with E-state index < -0.39 is 5.91 Å². The van der Waals surface area contributed by atoms with Crippen molar-refractivity contribution in [2.45, 2.75) is 32.3 Å². The zero-order valence-corrected chi connectivity index (χ0v) is 27.0. The fourth-order valence-electron chi connectivity index (χ4n) is 3.92. The predicted molar refractivity (Wildman–Crippen MR) is 179 cm³/mol. The first-order valence-corrected chi connectivity index (χ1v) is 15.6. The van der Waals surface area contributed by atoms with Gasteiger partial charge in [-0.1, -0.05) is 67.5 Å². The van der Waals surface area contributed by atoms with Crippen molar-refractivity contribution < 1.29 is 14.3 Å². The van der Waals surface area contributed by atoms with Gasteiger partial charge in [0, 0.05) is 22.9 Å². The van der Waals surface area contributed by atoms with E-state index in [1.54, 1.807) is 37.7 Å². The third-order valence-electron chi connectivity index (χ3n) is 5.87. The van der Waals surface area contributed by atoms with Crippen LogP contribution in [0.25, 0.3) is 11.3 Å². The Morgan fingerprint density at radius 2 is 1.84 bits per heavy atom. The first-order valence-electron chi connectivity index (χ1n) is 13.6. The number of pyridine rings is 2. The molecule has 0 spiro atoms. The van der Waals surface area contributed by atoms with Crippen LogP contribution in [0.15, 0.2) is 96.7 Å². The molecule has 0 aliphatic carbocycles. The molecule has 0 fully saturated rings. The number of carbonyl (C=O) groups excluding carboxylic acids is 1. The van der Waals surface area contributed by atoms with Crippen LogP contribution in [0.4, 0.5) is 10.9 Å². The van der Waals surface area contributed by atoms with Crippen molar-refractivity contribution in [1.29, 1.82) is 0 Å². The number of ether oxygens (including phenoxy) is 2. The van der Waals surface area contributed by atoms with Gasteiger partial charge in [-0.05, 0) is 78.2 Å². The van der Waals surface area contributed by atoms with Crippen LogP contribution >= 0.6 is 34.9 Å². The molecule has 3 aromatic heterocycles. The van der Waals surface area contributed by atoms with Gasteiger partial charge in [-0.25, -0.2) is 4.98 Å². The molecule has 44 heavy (non-hydrogen) atoms. The number of methoxy groups -OCH3 is 1. The highest BCUT2D eigenvalue weighted by Gasteiger charge is 2.23. The second-order valence-electron chi connectivity index (χ2n) is 8.72. The van der Waals surface area contributed by atoms with Gasteiger partial charge in [0.25, 0.3) is 11.1 Å². The lowest BCUT2D eigenvalue weighted by Crippen LogP contribution is -2.17. The molecule has 0 saturated carbocycles. The fraction of sp³-hybridized carbons (Fsp3) is 0.156. The summed E-state index contributed by atoms with van der Waals surface area (Å²) < 4.78 is 13.2. The van der Waals surface area contributed by atoms with Gasteiger partial charge in [0.15, 0.2) is 0 Å². The number of nitrogens with zero attached hydrogens (tertiary/aromatic N) is 5. The van der Waals surface area contributed by atoms with E-state index in [4.69, 9.17) is 26.1 Å². The number of nitrogens with one attached hydrogen (secondary N) is 1. The monoisotopic (exact) mass is 646 g/mol. The second-order valence-corrected chi connectivity index (χ2v) is 11.1. The van der Waals surface area contributed by atoms with Gasteiger partial charge in [-0.15, -0.1) is 5.10 Å². The Kier molecular flexibility index (Phi) is 11.7. The molecule has 0 aliphatic rings. The van der Waals surface area contributed by atoms with Crippen LogP contribution in [-0.2, 0) is 6.61 Å². The summed E-state index contributed by atoms with van der Waals surface area (Å²) >= 11 is 8.47. The van der Waals surface area contributed by atoms with E-state index in [1.165, 1.54) is 11.9 Å². The summed E-state index contributed by atoms with van der Waals surface area (Å²) in [6.45, 7) is 10.1. The molecule has 12 heteroatoms. The van der Waals surface area contributed by atoms with E-state index in [9.17, 15) is 4.79 Å². The Morgan fingerprint density at radius 1 is 1.09 bits per heavy atom. The highest BCUT2D eigenvalue weighted by molar-refractivity contribution is 8.00. The molecule has 1 amide bonds. The van der Waals surface area contributed by atoms with E-state index in [2.05, 4.69) is 27.1 Å². The molecule has 0 bridgehead atoms. The third kappa shape index (κ3) is 8.13. The summed E-state index contributed by atoms with van der Waals surface area (Å²) in [6.07, 6.45) is 3.24. The summed E-state index contributed by atoms with van der Waals surface area (Å²) in [5, 5.41) is 12.0. The largest absolute Gasteiger partial charge is 0.496 e. The second kappa shape index (κ2) is 15.9. The lowest BCUT2D eigenvalue weighted by atomic mass is 10.0. The molecule has 5 aromatic rings. The Morgan fingerprint density at radius 3 is 2.55 bits per heavy atom. The molecular weight excluding hydrogens is 616 g/mol. The number of aromatic nitrogens is 4. The summed E-state index contributed by atoms with van der Waals surface area (Å²) in [7, 11) is 1.58. The van der Waals surface area contributed by atoms with E-state index >= 15 is 0 Å². The molecule has 3 heterocycles. The quantitative estimate of drug-likeness (QED) is 0.142. The first kappa shape index (κ1) is 32.5. The topological polar surface area (TPSA) is 102 Å². The average molecular weight is 647 g/mol. The number of halogens is 1. The van der Waals surface area contributed by atoms with E-state index in [0.717, 1.165) is 21.8 Å². The highest BCUT2D eigenvalue weighted by Crippen LogP contribution is 2.37. The number of aryl methyl sites for hydroxylation is 1. The van der Waals surface area contributed by atoms with Crippen molar-refractivity contribution in [2.24, 2.45) is 0 Å². The van der Waals surface area contributed by atoms with Crippen LogP contribution in [0, 0.1) is 6.92 Å². The number of rotatable bonds is 11. The molecule has 5 rings (SSSR count). The zero-order valence-electron chi connectivity index (χ0n) is 24.7. The Balaban J connectivity index is 0.00000216. The molecule has 0 radical (unpaired) electrons. The van der Waals surface area contributed by atoms with Crippen molar-refractivity contribution in [2.75, 3.05) is 16.7 Å². The lowest BCUT2D eigenvalue weighted by molar-refractivity contribution is 0.102. The molecule has 0 aliphatic heterocycles. The number of benzene rings is 2. The van der Waals surface area contributed by atoms with E-state index in [-0.39, 0.29) is 16.9 Å². The number of hydrogen-bond donors (Lipinski definition) is 1. The van der Waals surface area contributed by atoms with Crippen molar-refractivity contribution in [3.63, 3.8) is 0 Å². The SMILES string of the molecule is C=CN(Sc1ccccc1)c1nc(-c2ccccc2OC)c(C(=O)Nc2nnc(OCc3ccc(Cl)cn3)s2)cc1C.CC. The van der Waals surface area contributed by atoms with Crippen LogP contribution in [0.3, 0.4) is 0 Å². The van der Waals surface area contributed by atoms with Gasteiger partial charge in [0.2, 0.25) is 5.13 Å². The predicted octanol–water partition coefficient (Wildman–Crippen LogP) is 8.48. The molecule has 9 nitrogen and oxygen atoms in total. The standard InChI is InChI=1S/C30H25ClN6O3S2.C2H6/c1-4-37(42-22-10-6-5-7-11-22)27-19(2)16-24(26(33-27)23-12-8-9-13-25(23)39-3)28(38)34-29-35-36-30(41-29)40-18-21-15-14-20(31)17-32-21;1-2/h4-17H,1,18H2,2-3H3,(H,34,35,38);1-2H3. The van der Waals surface area contributed by atoms with Crippen molar-refractivity contribution in [3.8, 4) is 22.2 Å². The van der Waals surface area contributed by atoms with Gasteiger partial charge >= 0.3 is 0 Å². The normalized spacial score (nSPS) is 10.3. The van der Waals surface area contributed by atoms with Crippen LogP contribution in [0.2, 0.25) is 5.02 Å². The van der Waals surface area contributed by atoms with Crippen molar-refractivity contribution in [3.05, 3.63) is 114 Å². The molecule has 2 aromatic carbocycles. The smallest absolute Gasteiger partial charge is 0.296 e. The summed E-state index contributed by atoms with van der Waals surface area (Å²) in [6, 6.07) is 22.6. The summed E-state index contributed by atoms with van der Waals surface area (Å²) in [5.41, 5.74) is 2.91. The molecule has 226 valence electrons. The first-order chi connectivity index (χ1) is 21.4. The number of amides is 1. The van der Waals surface area contributed by atoms with Gasteiger partial charge in [0.1, 0.15) is 18.2 Å². The lowest BCUT2D eigenvalue weighted by Gasteiger charge is -2.22. The van der Waals surface area contributed by atoms with E-state index in [0.29, 0.717) is 39.1 Å². The Hall–Kier alpha value is -4.45. The molecule has 0 atom stereocenters. The maximum absolute atomic E-state index is 13.7. The maximum atomic E-state index is 13.7. The summed E-state index contributed by atoms with van der Waals surface area (Å²) in [5.74, 6) is 0.817. The fourth-order valence-corrected chi connectivity index (χ4v) is 5.47. The minimum atomic E-state index is -0.402. The highest BCUT2D eigenvalue weighted by atomic mass is 35.5. The average Bonchev–Trinajstić information content (AvgIpc) is 3.51. The number of para-hydroxylation sites is 1. The maximum Gasteiger partial charge on any atom is 0.296 e. The molecular formula is C32H31ClN6O3S2. The molecule has 0 saturated heterocycles. The van der Waals surface area contributed by atoms with Crippen LogP contribution < -0.4 is 19.1 Å². The van der Waals surface area contributed by atoms with Gasteiger partial charge < -0.3 is 9.47 Å². The Bertz CT molecular complexity index is 1700. The summed E-state index contributed by atoms with van der Waals surface area (Å²) in [4.78, 5) is 23.9. The van der Waals surface area contributed by atoms with Crippen LogP contribution in [0.5, 0.6) is 10.9 Å². The minimum Gasteiger partial charge on any atom is -0.496 e. The van der Waals surface area contributed by atoms with Crippen LogP contribution in [0.1, 0.15) is 35.5 Å². The third-order valence-corrected chi connectivity index (χ3v) is 7.85.